The molecule has 0 spiro atoms. The summed E-state index contributed by atoms with van der Waals surface area (Å²) in [6, 6.07) is 25.3. The number of methoxy groups -OCH3 is 1. The van der Waals surface area contributed by atoms with Crippen LogP contribution in [0.15, 0.2) is 89.8 Å². The Bertz CT molecular complexity index is 1160. The molecule has 1 aromatic heterocycles. The number of benzene rings is 3. The highest BCUT2D eigenvalue weighted by Gasteiger charge is 2.23. The van der Waals surface area contributed by atoms with E-state index >= 15 is 0 Å². The number of nitrogens with zero attached hydrogens (tertiary/aromatic N) is 1. The van der Waals surface area contributed by atoms with Crippen molar-refractivity contribution in [2.75, 3.05) is 7.11 Å². The lowest BCUT2D eigenvalue weighted by atomic mass is 10.1. The van der Waals surface area contributed by atoms with Gasteiger partial charge in [0.15, 0.2) is 0 Å². The molecule has 4 nitrogen and oxygen atoms in total. The number of fused-ring (bicyclic) bond motifs is 1. The number of rotatable bonds is 4. The molecule has 130 valence electrons. The van der Waals surface area contributed by atoms with Gasteiger partial charge < -0.3 is 4.74 Å². The third-order valence-electron chi connectivity index (χ3n) is 4.32. The van der Waals surface area contributed by atoms with E-state index < -0.39 is 10.0 Å². The van der Waals surface area contributed by atoms with Crippen molar-refractivity contribution in [2.45, 2.75) is 4.90 Å². The van der Waals surface area contributed by atoms with E-state index in [-0.39, 0.29) is 4.90 Å². The second-order valence-corrected chi connectivity index (χ2v) is 7.69. The molecule has 3 aromatic carbocycles. The Labute approximate surface area is 152 Å². The van der Waals surface area contributed by atoms with Crippen LogP contribution in [0.25, 0.3) is 22.2 Å². The monoisotopic (exact) mass is 363 g/mol. The van der Waals surface area contributed by atoms with E-state index in [1.807, 2.05) is 42.5 Å². The van der Waals surface area contributed by atoms with Crippen molar-refractivity contribution in [3.63, 3.8) is 0 Å². The summed E-state index contributed by atoms with van der Waals surface area (Å²) in [4.78, 5) is 0.255. The fourth-order valence-corrected chi connectivity index (χ4v) is 4.62. The average molecular weight is 363 g/mol. The Morgan fingerprint density at radius 3 is 2.12 bits per heavy atom. The fraction of sp³-hybridized carbons (Fsp3) is 0.0476. The summed E-state index contributed by atoms with van der Waals surface area (Å²) in [5.41, 5.74) is 2.08. The van der Waals surface area contributed by atoms with Crippen LogP contribution in [-0.4, -0.2) is 19.5 Å². The summed E-state index contributed by atoms with van der Waals surface area (Å²) in [5.74, 6) is 0.686. The summed E-state index contributed by atoms with van der Waals surface area (Å²) >= 11 is 0. The molecule has 1 heterocycles. The van der Waals surface area contributed by atoms with Crippen molar-refractivity contribution >= 4 is 20.9 Å². The molecule has 0 atom stereocenters. The molecule has 0 aliphatic rings. The molecular formula is C21H17NO3S. The fourth-order valence-electron chi connectivity index (χ4n) is 3.06. The lowest BCUT2D eigenvalue weighted by Crippen LogP contribution is -2.14. The third kappa shape index (κ3) is 2.66. The van der Waals surface area contributed by atoms with Gasteiger partial charge in [0.05, 0.1) is 23.2 Å². The maximum atomic E-state index is 13.4. The van der Waals surface area contributed by atoms with Crippen molar-refractivity contribution in [1.82, 2.24) is 3.97 Å². The first kappa shape index (κ1) is 16.4. The van der Waals surface area contributed by atoms with Gasteiger partial charge in [-0.3, -0.25) is 0 Å². The van der Waals surface area contributed by atoms with Crippen molar-refractivity contribution in [3.05, 3.63) is 84.9 Å². The molecule has 26 heavy (non-hydrogen) atoms. The topological polar surface area (TPSA) is 48.3 Å². The first-order valence-electron chi connectivity index (χ1n) is 8.17. The molecule has 0 aliphatic heterocycles. The van der Waals surface area contributed by atoms with Crippen LogP contribution in [0.5, 0.6) is 5.75 Å². The van der Waals surface area contributed by atoms with E-state index in [1.165, 1.54) is 3.97 Å². The van der Waals surface area contributed by atoms with Crippen molar-refractivity contribution in [1.29, 1.82) is 0 Å². The highest BCUT2D eigenvalue weighted by atomic mass is 32.2. The zero-order chi connectivity index (χ0) is 18.1. The van der Waals surface area contributed by atoms with Crippen LogP contribution in [0.3, 0.4) is 0 Å². The molecule has 5 heteroatoms. The van der Waals surface area contributed by atoms with E-state index in [9.17, 15) is 8.42 Å². The van der Waals surface area contributed by atoms with Gasteiger partial charge in [-0.25, -0.2) is 12.4 Å². The molecule has 4 rings (SSSR count). The first-order valence-corrected chi connectivity index (χ1v) is 9.61. The largest absolute Gasteiger partial charge is 0.497 e. The maximum Gasteiger partial charge on any atom is 0.268 e. The van der Waals surface area contributed by atoms with Crippen LogP contribution in [0.2, 0.25) is 0 Å². The minimum absolute atomic E-state index is 0.255. The van der Waals surface area contributed by atoms with Crippen molar-refractivity contribution in [2.24, 2.45) is 0 Å². The predicted octanol–water partition coefficient (Wildman–Crippen LogP) is 4.55. The molecule has 0 aliphatic carbocycles. The standard InChI is InChI=1S/C21H17NO3S/c1-25-18-12-13-20-17(14-18)15-21(16-8-4-2-5-9-16)22(20)26(23,24)19-10-6-3-7-11-19/h2-15H,1H3. The van der Waals surface area contributed by atoms with Gasteiger partial charge in [-0.1, -0.05) is 48.5 Å². The Hall–Kier alpha value is -3.05. The molecule has 0 saturated heterocycles. The molecule has 0 amide bonds. The van der Waals surface area contributed by atoms with E-state index in [2.05, 4.69) is 0 Å². The van der Waals surface area contributed by atoms with Gasteiger partial charge in [-0.05, 0) is 42.0 Å². The molecule has 0 fully saturated rings. The minimum atomic E-state index is -3.74. The van der Waals surface area contributed by atoms with Crippen LogP contribution in [0.4, 0.5) is 0 Å². The quantitative estimate of drug-likeness (QED) is 0.534. The van der Waals surface area contributed by atoms with Gasteiger partial charge in [0.2, 0.25) is 0 Å². The van der Waals surface area contributed by atoms with E-state index in [0.29, 0.717) is 17.0 Å². The molecule has 0 saturated carbocycles. The van der Waals surface area contributed by atoms with Gasteiger partial charge in [0.25, 0.3) is 10.0 Å². The van der Waals surface area contributed by atoms with Crippen LogP contribution in [0.1, 0.15) is 0 Å². The summed E-state index contributed by atoms with van der Waals surface area (Å²) < 4.78 is 33.5. The van der Waals surface area contributed by atoms with Crippen LogP contribution in [-0.2, 0) is 10.0 Å². The Morgan fingerprint density at radius 1 is 0.808 bits per heavy atom. The second kappa shape index (κ2) is 6.35. The summed E-state index contributed by atoms with van der Waals surface area (Å²) in [5, 5.41) is 0.808. The molecule has 0 radical (unpaired) electrons. The summed E-state index contributed by atoms with van der Waals surface area (Å²) in [6.07, 6.45) is 0. The predicted molar refractivity (Wildman–Crippen MR) is 103 cm³/mol. The molecule has 0 unspecified atom stereocenters. The van der Waals surface area contributed by atoms with Crippen molar-refractivity contribution < 1.29 is 13.2 Å². The smallest absolute Gasteiger partial charge is 0.268 e. The average Bonchev–Trinajstić information content (AvgIpc) is 3.08. The van der Waals surface area contributed by atoms with Gasteiger partial charge in [0.1, 0.15) is 5.75 Å². The second-order valence-electron chi connectivity index (χ2n) is 5.90. The number of ether oxygens (including phenoxy) is 1. The van der Waals surface area contributed by atoms with Crippen LogP contribution in [0, 0.1) is 0 Å². The lowest BCUT2D eigenvalue weighted by molar-refractivity contribution is 0.415. The first-order chi connectivity index (χ1) is 12.6. The summed E-state index contributed by atoms with van der Waals surface area (Å²) in [7, 11) is -2.15. The Balaban J connectivity index is 2.06. The zero-order valence-corrected chi connectivity index (χ0v) is 15.0. The maximum absolute atomic E-state index is 13.4. The Kier molecular flexibility index (Phi) is 4.01. The lowest BCUT2D eigenvalue weighted by Gasteiger charge is -2.12. The molecule has 0 N–H and O–H groups in total. The van der Waals surface area contributed by atoms with E-state index in [0.717, 1.165) is 10.9 Å². The molecule has 0 bridgehead atoms. The highest BCUT2D eigenvalue weighted by Crippen LogP contribution is 2.33. The normalized spacial score (nSPS) is 11.6. The van der Waals surface area contributed by atoms with Gasteiger partial charge in [0, 0.05) is 5.39 Å². The van der Waals surface area contributed by atoms with Gasteiger partial charge >= 0.3 is 0 Å². The third-order valence-corrected chi connectivity index (χ3v) is 6.06. The van der Waals surface area contributed by atoms with E-state index in [1.54, 1.807) is 49.6 Å². The highest BCUT2D eigenvalue weighted by molar-refractivity contribution is 7.90. The van der Waals surface area contributed by atoms with Gasteiger partial charge in [-0.15, -0.1) is 0 Å². The van der Waals surface area contributed by atoms with Crippen LogP contribution >= 0.6 is 0 Å². The Morgan fingerprint density at radius 2 is 1.46 bits per heavy atom. The number of aromatic nitrogens is 1. The zero-order valence-electron chi connectivity index (χ0n) is 14.2. The van der Waals surface area contributed by atoms with Crippen LogP contribution < -0.4 is 4.74 Å². The number of hydrogen-bond acceptors (Lipinski definition) is 3. The molecule has 4 aromatic rings. The van der Waals surface area contributed by atoms with Crippen molar-refractivity contribution in [3.8, 4) is 17.0 Å². The van der Waals surface area contributed by atoms with E-state index in [4.69, 9.17) is 4.74 Å². The number of hydrogen-bond donors (Lipinski definition) is 0. The SMILES string of the molecule is COc1ccc2c(c1)cc(-c1ccccc1)n2S(=O)(=O)c1ccccc1. The summed E-state index contributed by atoms with van der Waals surface area (Å²) in [6.45, 7) is 0. The van der Waals surface area contributed by atoms with Gasteiger partial charge in [-0.2, -0.15) is 0 Å². The molecular weight excluding hydrogens is 346 g/mol. The minimum Gasteiger partial charge on any atom is -0.497 e.